The summed E-state index contributed by atoms with van der Waals surface area (Å²) >= 11 is 6.03. The van der Waals surface area contributed by atoms with Gasteiger partial charge in [-0.1, -0.05) is 18.5 Å². The summed E-state index contributed by atoms with van der Waals surface area (Å²) < 4.78 is 5.43. The normalized spacial score (nSPS) is 10.3. The maximum Gasteiger partial charge on any atom is 0.287 e. The molecule has 0 saturated carbocycles. The number of halogens is 1. The first-order valence-electron chi connectivity index (χ1n) is 7.51. The highest BCUT2D eigenvalue weighted by Gasteiger charge is 2.16. The molecule has 0 aliphatic carbocycles. The summed E-state index contributed by atoms with van der Waals surface area (Å²) in [5.41, 5.74) is 0.281. The lowest BCUT2D eigenvalue weighted by molar-refractivity contribution is -0.384. The van der Waals surface area contributed by atoms with Crippen LogP contribution in [0.15, 0.2) is 34.7 Å². The summed E-state index contributed by atoms with van der Waals surface area (Å²) in [6.45, 7) is 2.30. The summed E-state index contributed by atoms with van der Waals surface area (Å²) in [5.74, 6) is -0.537. The van der Waals surface area contributed by atoms with Crippen LogP contribution in [0, 0.1) is 10.1 Å². The zero-order valence-corrected chi connectivity index (χ0v) is 14.1. The number of carbonyl (C=O) groups excluding carboxylic acids is 2. The van der Waals surface area contributed by atoms with Gasteiger partial charge in [-0.25, -0.2) is 0 Å². The van der Waals surface area contributed by atoms with Crippen LogP contribution in [0.5, 0.6) is 0 Å². The first-order chi connectivity index (χ1) is 11.9. The van der Waals surface area contributed by atoms with Gasteiger partial charge in [0.2, 0.25) is 5.91 Å². The average molecular weight is 366 g/mol. The Hall–Kier alpha value is -2.87. The van der Waals surface area contributed by atoms with Gasteiger partial charge >= 0.3 is 0 Å². The summed E-state index contributed by atoms with van der Waals surface area (Å²) in [4.78, 5) is 33.6. The Morgan fingerprint density at radius 3 is 2.64 bits per heavy atom. The lowest BCUT2D eigenvalue weighted by atomic mass is 10.1. The van der Waals surface area contributed by atoms with E-state index >= 15 is 0 Å². The Morgan fingerprint density at radius 1 is 1.24 bits per heavy atom. The van der Waals surface area contributed by atoms with Crippen LogP contribution in [0.1, 0.15) is 23.9 Å². The number of nitrogens with zero attached hydrogens (tertiary/aromatic N) is 1. The van der Waals surface area contributed by atoms with E-state index in [0.717, 1.165) is 6.42 Å². The van der Waals surface area contributed by atoms with Gasteiger partial charge < -0.3 is 15.1 Å². The number of hydrogen-bond acceptors (Lipinski definition) is 5. The number of non-ortho nitro benzene ring substituents is 1. The molecule has 2 rings (SSSR count). The maximum absolute atomic E-state index is 12.0. The second kappa shape index (κ2) is 8.29. The fraction of sp³-hybridized carbons (Fsp3) is 0.250. The summed E-state index contributed by atoms with van der Waals surface area (Å²) in [7, 11) is 0. The van der Waals surface area contributed by atoms with E-state index in [1.165, 1.54) is 30.3 Å². The highest BCUT2D eigenvalue weighted by Crippen LogP contribution is 2.32. The van der Waals surface area contributed by atoms with Crippen molar-refractivity contribution >= 4 is 29.1 Å². The lowest BCUT2D eigenvalue weighted by Gasteiger charge is -2.04. The number of furan rings is 1. The molecular formula is C16H16ClN3O5. The molecule has 0 unspecified atom stereocenters. The Kier molecular flexibility index (Phi) is 6.13. The van der Waals surface area contributed by atoms with Crippen LogP contribution in [0.25, 0.3) is 11.3 Å². The number of hydrogen-bond donors (Lipinski definition) is 2. The van der Waals surface area contributed by atoms with Crippen molar-refractivity contribution in [1.82, 2.24) is 10.6 Å². The molecule has 1 heterocycles. The summed E-state index contributed by atoms with van der Waals surface area (Å²) in [6, 6.07) is 6.91. The first kappa shape index (κ1) is 18.5. The van der Waals surface area contributed by atoms with E-state index in [-0.39, 0.29) is 28.9 Å². The molecule has 9 heteroatoms. The molecule has 2 N–H and O–H groups in total. The quantitative estimate of drug-likeness (QED) is 0.578. The SMILES string of the molecule is CCCNC(=O)CNC(=O)c1ccc(-c2ccc([N+](=O)[O-])cc2Cl)o1. The minimum atomic E-state index is -0.555. The minimum Gasteiger partial charge on any atom is -0.451 e. The second-order valence-corrected chi connectivity index (χ2v) is 5.52. The number of nitro groups is 1. The monoisotopic (exact) mass is 365 g/mol. The number of nitrogens with one attached hydrogen (secondary N) is 2. The first-order valence-corrected chi connectivity index (χ1v) is 7.89. The van der Waals surface area contributed by atoms with Gasteiger partial charge in [-0.2, -0.15) is 0 Å². The van der Waals surface area contributed by atoms with Gasteiger partial charge in [-0.15, -0.1) is 0 Å². The fourth-order valence-corrected chi connectivity index (χ4v) is 2.26. The molecular weight excluding hydrogens is 350 g/mol. The Morgan fingerprint density at radius 2 is 2.00 bits per heavy atom. The van der Waals surface area contributed by atoms with E-state index < -0.39 is 10.8 Å². The van der Waals surface area contributed by atoms with Crippen LogP contribution in [-0.2, 0) is 4.79 Å². The zero-order chi connectivity index (χ0) is 18.4. The van der Waals surface area contributed by atoms with Crippen molar-refractivity contribution in [2.75, 3.05) is 13.1 Å². The molecule has 0 fully saturated rings. The molecule has 1 aromatic heterocycles. The van der Waals surface area contributed by atoms with Gasteiger partial charge in [0, 0.05) is 24.2 Å². The molecule has 0 aliphatic rings. The minimum absolute atomic E-state index is 0.00714. The number of rotatable bonds is 7. The molecule has 2 amide bonds. The standard InChI is InChI=1S/C16H16ClN3O5/c1-2-7-18-15(21)9-19-16(22)14-6-5-13(25-14)11-4-3-10(20(23)24)8-12(11)17/h3-6,8H,2,7,9H2,1H3,(H,18,21)(H,19,22). The third kappa shape index (κ3) is 4.80. The van der Waals surface area contributed by atoms with Gasteiger partial charge in [0.25, 0.3) is 11.6 Å². The van der Waals surface area contributed by atoms with Gasteiger partial charge in [-0.3, -0.25) is 19.7 Å². The zero-order valence-electron chi connectivity index (χ0n) is 13.4. The van der Waals surface area contributed by atoms with Crippen LogP contribution >= 0.6 is 11.6 Å². The molecule has 0 radical (unpaired) electrons. The predicted octanol–water partition coefficient (Wildman–Crippen LogP) is 2.76. The van der Waals surface area contributed by atoms with E-state index in [9.17, 15) is 19.7 Å². The Balaban J connectivity index is 2.05. The van der Waals surface area contributed by atoms with Crippen molar-refractivity contribution in [2.24, 2.45) is 0 Å². The third-order valence-electron chi connectivity index (χ3n) is 3.24. The van der Waals surface area contributed by atoms with E-state index in [1.807, 2.05) is 6.92 Å². The highest BCUT2D eigenvalue weighted by atomic mass is 35.5. The lowest BCUT2D eigenvalue weighted by Crippen LogP contribution is -2.37. The average Bonchev–Trinajstić information content (AvgIpc) is 3.07. The maximum atomic E-state index is 12.0. The van der Waals surface area contributed by atoms with Crippen molar-refractivity contribution < 1.29 is 18.9 Å². The van der Waals surface area contributed by atoms with Crippen LogP contribution < -0.4 is 10.6 Å². The molecule has 0 bridgehead atoms. The van der Waals surface area contributed by atoms with Crippen LogP contribution in [0.4, 0.5) is 5.69 Å². The van der Waals surface area contributed by atoms with Crippen LogP contribution in [0.3, 0.4) is 0 Å². The smallest absolute Gasteiger partial charge is 0.287 e. The molecule has 25 heavy (non-hydrogen) atoms. The van der Waals surface area contributed by atoms with Crippen molar-refractivity contribution in [3.8, 4) is 11.3 Å². The van der Waals surface area contributed by atoms with Crippen molar-refractivity contribution in [3.05, 3.63) is 51.2 Å². The van der Waals surface area contributed by atoms with Crippen molar-refractivity contribution in [2.45, 2.75) is 13.3 Å². The topological polar surface area (TPSA) is 114 Å². The predicted molar refractivity (Wildman–Crippen MR) is 91.4 cm³/mol. The molecule has 0 spiro atoms. The molecule has 0 saturated heterocycles. The Labute approximate surface area is 148 Å². The highest BCUT2D eigenvalue weighted by molar-refractivity contribution is 6.33. The third-order valence-corrected chi connectivity index (χ3v) is 3.55. The summed E-state index contributed by atoms with van der Waals surface area (Å²) in [6.07, 6.45) is 0.803. The number of nitro benzene ring substituents is 1. The molecule has 0 atom stereocenters. The van der Waals surface area contributed by atoms with Gasteiger partial charge in [0.05, 0.1) is 16.5 Å². The fourth-order valence-electron chi connectivity index (χ4n) is 2.00. The number of amides is 2. The van der Waals surface area contributed by atoms with Gasteiger partial charge in [0.15, 0.2) is 5.76 Å². The molecule has 8 nitrogen and oxygen atoms in total. The number of benzene rings is 1. The largest absolute Gasteiger partial charge is 0.451 e. The van der Waals surface area contributed by atoms with E-state index in [1.54, 1.807) is 0 Å². The molecule has 2 aromatic rings. The van der Waals surface area contributed by atoms with Crippen molar-refractivity contribution in [3.63, 3.8) is 0 Å². The van der Waals surface area contributed by atoms with E-state index in [0.29, 0.717) is 17.9 Å². The van der Waals surface area contributed by atoms with Gasteiger partial charge in [0.1, 0.15) is 5.76 Å². The van der Waals surface area contributed by atoms with Gasteiger partial charge in [-0.05, 0) is 24.6 Å². The van der Waals surface area contributed by atoms with E-state index in [2.05, 4.69) is 10.6 Å². The van der Waals surface area contributed by atoms with Crippen molar-refractivity contribution in [1.29, 1.82) is 0 Å². The second-order valence-electron chi connectivity index (χ2n) is 5.12. The summed E-state index contributed by atoms with van der Waals surface area (Å²) in [5, 5.41) is 15.9. The molecule has 132 valence electrons. The molecule has 1 aromatic carbocycles. The van der Waals surface area contributed by atoms with Crippen LogP contribution in [0.2, 0.25) is 5.02 Å². The van der Waals surface area contributed by atoms with Crippen LogP contribution in [-0.4, -0.2) is 29.8 Å². The van der Waals surface area contributed by atoms with E-state index in [4.69, 9.17) is 16.0 Å². The molecule has 0 aliphatic heterocycles. The number of carbonyl (C=O) groups is 2. The Bertz CT molecular complexity index is 803.